The molecule has 0 amide bonds. The van der Waals surface area contributed by atoms with Crippen LogP contribution < -0.4 is 5.32 Å². The minimum Gasteiger partial charge on any atom is -0.462 e. The van der Waals surface area contributed by atoms with E-state index >= 15 is 0 Å². The van der Waals surface area contributed by atoms with E-state index in [9.17, 15) is 13.6 Å². The maximum Gasteiger partial charge on any atom is 0.378 e. The molecule has 1 rings (SSSR count). The second-order valence-corrected chi connectivity index (χ2v) is 3.43. The molecule has 1 saturated carbocycles. The molecule has 0 aromatic rings. The lowest BCUT2D eigenvalue weighted by Crippen LogP contribution is -2.46. The van der Waals surface area contributed by atoms with Crippen LogP contribution in [0.1, 0.15) is 26.2 Å². The summed E-state index contributed by atoms with van der Waals surface area (Å²) in [6.07, 6.45) is 2.90. The van der Waals surface area contributed by atoms with Crippen LogP contribution in [0.2, 0.25) is 0 Å². The summed E-state index contributed by atoms with van der Waals surface area (Å²) in [4.78, 5) is 10.8. The molecule has 3 nitrogen and oxygen atoms in total. The third kappa shape index (κ3) is 2.90. The molecular weight excluding hydrogens is 192 g/mol. The molecule has 0 atom stereocenters. The van der Waals surface area contributed by atoms with E-state index in [1.807, 2.05) is 0 Å². The SMILES string of the molecule is CCOC(=O)C(F)(F)CNC1CCC1. The molecule has 1 aliphatic rings. The maximum absolute atomic E-state index is 13.0. The van der Waals surface area contributed by atoms with Crippen LogP contribution in [0.4, 0.5) is 8.78 Å². The molecule has 5 heteroatoms. The van der Waals surface area contributed by atoms with Crippen molar-refractivity contribution in [1.82, 2.24) is 5.32 Å². The van der Waals surface area contributed by atoms with Crippen molar-refractivity contribution < 1.29 is 18.3 Å². The second kappa shape index (κ2) is 4.68. The Kier molecular flexibility index (Phi) is 3.80. The highest BCUT2D eigenvalue weighted by Gasteiger charge is 2.40. The fraction of sp³-hybridized carbons (Fsp3) is 0.889. The number of esters is 1. The third-order valence-corrected chi connectivity index (χ3v) is 2.29. The monoisotopic (exact) mass is 207 g/mol. The summed E-state index contributed by atoms with van der Waals surface area (Å²) in [7, 11) is 0. The molecule has 0 saturated heterocycles. The standard InChI is InChI=1S/C9H15F2NO2/c1-2-14-8(13)9(10,11)6-12-7-4-3-5-7/h7,12H,2-6H2,1H3. The molecule has 14 heavy (non-hydrogen) atoms. The van der Waals surface area contributed by atoms with Crippen LogP contribution in [0, 0.1) is 0 Å². The van der Waals surface area contributed by atoms with Crippen LogP contribution in [0.5, 0.6) is 0 Å². The van der Waals surface area contributed by atoms with Gasteiger partial charge in [-0.15, -0.1) is 0 Å². The van der Waals surface area contributed by atoms with Gasteiger partial charge in [0.05, 0.1) is 13.2 Å². The molecule has 1 aliphatic carbocycles. The Bertz CT molecular complexity index is 205. The number of hydrogen-bond acceptors (Lipinski definition) is 3. The lowest BCUT2D eigenvalue weighted by atomic mass is 9.93. The van der Waals surface area contributed by atoms with Gasteiger partial charge in [0.25, 0.3) is 0 Å². The van der Waals surface area contributed by atoms with E-state index < -0.39 is 18.4 Å². The molecule has 0 spiro atoms. The molecule has 0 aromatic heterocycles. The van der Waals surface area contributed by atoms with E-state index in [1.54, 1.807) is 0 Å². The van der Waals surface area contributed by atoms with Crippen molar-refractivity contribution in [1.29, 1.82) is 0 Å². The van der Waals surface area contributed by atoms with Gasteiger partial charge in [-0.1, -0.05) is 6.42 Å². The number of hydrogen-bond donors (Lipinski definition) is 1. The quantitative estimate of drug-likeness (QED) is 0.691. The summed E-state index contributed by atoms with van der Waals surface area (Å²) in [6.45, 7) is 0.877. The van der Waals surface area contributed by atoms with E-state index in [4.69, 9.17) is 0 Å². The normalized spacial score (nSPS) is 17.6. The Morgan fingerprint density at radius 3 is 2.64 bits per heavy atom. The van der Waals surface area contributed by atoms with Crippen LogP contribution >= 0.6 is 0 Å². The lowest BCUT2D eigenvalue weighted by molar-refractivity contribution is -0.170. The predicted molar refractivity (Wildman–Crippen MR) is 47.2 cm³/mol. The van der Waals surface area contributed by atoms with Gasteiger partial charge in [0, 0.05) is 6.04 Å². The zero-order valence-corrected chi connectivity index (χ0v) is 8.19. The van der Waals surface area contributed by atoms with Crippen LogP contribution in [-0.2, 0) is 9.53 Å². The fourth-order valence-corrected chi connectivity index (χ4v) is 1.19. The molecule has 1 N–H and O–H groups in total. The van der Waals surface area contributed by atoms with Gasteiger partial charge in [0.1, 0.15) is 0 Å². The molecule has 0 bridgehead atoms. The second-order valence-electron chi connectivity index (χ2n) is 3.43. The summed E-state index contributed by atoms with van der Waals surface area (Å²) in [6, 6.07) is 0.148. The first-order valence-electron chi connectivity index (χ1n) is 4.84. The molecule has 0 radical (unpaired) electrons. The number of halogens is 2. The summed E-state index contributed by atoms with van der Waals surface area (Å²) < 4.78 is 30.2. The Hall–Kier alpha value is -0.710. The van der Waals surface area contributed by atoms with Gasteiger partial charge < -0.3 is 10.1 Å². The van der Waals surface area contributed by atoms with Gasteiger partial charge in [-0.3, -0.25) is 0 Å². The van der Waals surface area contributed by atoms with Crippen molar-refractivity contribution in [2.24, 2.45) is 0 Å². The highest BCUT2D eigenvalue weighted by Crippen LogP contribution is 2.20. The minimum absolute atomic E-state index is 0.0160. The summed E-state index contributed by atoms with van der Waals surface area (Å²) >= 11 is 0. The molecule has 82 valence electrons. The topological polar surface area (TPSA) is 38.3 Å². The van der Waals surface area contributed by atoms with E-state index in [2.05, 4.69) is 10.1 Å². The van der Waals surface area contributed by atoms with Gasteiger partial charge in [-0.05, 0) is 19.8 Å². The molecule has 0 aliphatic heterocycles. The number of ether oxygens (including phenoxy) is 1. The van der Waals surface area contributed by atoms with Gasteiger partial charge in [-0.25, -0.2) is 4.79 Å². The maximum atomic E-state index is 13.0. The zero-order valence-electron chi connectivity index (χ0n) is 8.19. The fourth-order valence-electron chi connectivity index (χ4n) is 1.19. The highest BCUT2D eigenvalue weighted by molar-refractivity contribution is 5.77. The number of rotatable bonds is 5. The minimum atomic E-state index is -3.40. The first-order valence-corrected chi connectivity index (χ1v) is 4.84. The lowest BCUT2D eigenvalue weighted by Gasteiger charge is -2.28. The van der Waals surface area contributed by atoms with Crippen LogP contribution in [0.25, 0.3) is 0 Å². The van der Waals surface area contributed by atoms with E-state index in [-0.39, 0.29) is 12.6 Å². The average Bonchev–Trinajstić information content (AvgIpc) is 2.01. The Labute approximate surface area is 81.8 Å². The van der Waals surface area contributed by atoms with Crippen molar-refractivity contribution >= 4 is 5.97 Å². The van der Waals surface area contributed by atoms with Gasteiger partial charge in [-0.2, -0.15) is 8.78 Å². The predicted octanol–water partition coefficient (Wildman–Crippen LogP) is 1.33. The molecule has 0 aromatic carbocycles. The van der Waals surface area contributed by atoms with Crippen molar-refractivity contribution in [2.45, 2.75) is 38.2 Å². The molecule has 0 heterocycles. The van der Waals surface area contributed by atoms with Crippen molar-refractivity contribution in [3.63, 3.8) is 0 Å². The number of alkyl halides is 2. The molecule has 0 unspecified atom stereocenters. The first kappa shape index (κ1) is 11.4. The van der Waals surface area contributed by atoms with E-state index in [0.717, 1.165) is 19.3 Å². The largest absolute Gasteiger partial charge is 0.462 e. The molecule has 1 fully saturated rings. The summed E-state index contributed by atoms with van der Waals surface area (Å²) in [5.74, 6) is -4.84. The number of carbonyl (C=O) groups is 1. The summed E-state index contributed by atoms with van der Waals surface area (Å²) in [5, 5.41) is 2.65. The van der Waals surface area contributed by atoms with Crippen LogP contribution in [0.15, 0.2) is 0 Å². The van der Waals surface area contributed by atoms with Crippen molar-refractivity contribution in [3.8, 4) is 0 Å². The average molecular weight is 207 g/mol. The number of carbonyl (C=O) groups excluding carboxylic acids is 1. The zero-order chi connectivity index (χ0) is 10.6. The van der Waals surface area contributed by atoms with Crippen molar-refractivity contribution in [3.05, 3.63) is 0 Å². The van der Waals surface area contributed by atoms with Crippen LogP contribution in [0.3, 0.4) is 0 Å². The third-order valence-electron chi connectivity index (χ3n) is 2.29. The summed E-state index contributed by atoms with van der Waals surface area (Å²) in [5.41, 5.74) is 0. The van der Waals surface area contributed by atoms with Crippen LogP contribution in [-0.4, -0.2) is 31.1 Å². The van der Waals surface area contributed by atoms with Crippen molar-refractivity contribution in [2.75, 3.05) is 13.2 Å². The Morgan fingerprint density at radius 2 is 2.21 bits per heavy atom. The molecular formula is C9H15F2NO2. The van der Waals surface area contributed by atoms with Gasteiger partial charge in [0.15, 0.2) is 0 Å². The van der Waals surface area contributed by atoms with E-state index in [1.165, 1.54) is 6.92 Å². The Balaban J connectivity index is 2.27. The smallest absolute Gasteiger partial charge is 0.378 e. The van der Waals surface area contributed by atoms with Gasteiger partial charge >= 0.3 is 11.9 Å². The highest BCUT2D eigenvalue weighted by atomic mass is 19.3. The van der Waals surface area contributed by atoms with E-state index in [0.29, 0.717) is 0 Å². The van der Waals surface area contributed by atoms with Gasteiger partial charge in [0.2, 0.25) is 0 Å². The first-order chi connectivity index (χ1) is 6.56. The number of nitrogens with one attached hydrogen (secondary N) is 1. The Morgan fingerprint density at radius 1 is 1.57 bits per heavy atom.